The minimum Gasteiger partial charge on any atom is -0.444 e. The van der Waals surface area contributed by atoms with Crippen LogP contribution < -0.4 is 16.0 Å². The molecule has 36 heavy (non-hydrogen) atoms. The zero-order valence-corrected chi connectivity index (χ0v) is 22.3. The number of anilines is 3. The molecule has 3 aromatic rings. The van der Waals surface area contributed by atoms with Crippen LogP contribution in [0.3, 0.4) is 0 Å². The zero-order chi connectivity index (χ0) is 26.3. The lowest BCUT2D eigenvalue weighted by atomic mass is 10.2. The van der Waals surface area contributed by atoms with Crippen molar-refractivity contribution in [1.29, 1.82) is 0 Å². The molecule has 0 unspecified atom stereocenters. The average molecular weight is 512 g/mol. The first-order valence-corrected chi connectivity index (χ1v) is 12.4. The first-order valence-electron chi connectivity index (χ1n) is 11.6. The van der Waals surface area contributed by atoms with E-state index in [9.17, 15) is 9.59 Å². The highest BCUT2D eigenvalue weighted by Gasteiger charge is 2.26. The molecule has 2 amide bonds. The summed E-state index contributed by atoms with van der Waals surface area (Å²) in [4.78, 5) is 40.3. The molecule has 0 bridgehead atoms. The van der Waals surface area contributed by atoms with Gasteiger partial charge in [0.15, 0.2) is 5.13 Å². The summed E-state index contributed by atoms with van der Waals surface area (Å²) in [6, 6.07) is 11.2. The van der Waals surface area contributed by atoms with E-state index in [0.29, 0.717) is 30.5 Å². The van der Waals surface area contributed by atoms with E-state index in [1.165, 1.54) is 16.2 Å². The van der Waals surface area contributed by atoms with E-state index in [4.69, 9.17) is 4.74 Å². The van der Waals surface area contributed by atoms with Crippen molar-refractivity contribution in [3.05, 3.63) is 48.4 Å². The Kier molecular flexibility index (Phi) is 8.81. The third-order valence-corrected chi connectivity index (χ3v) is 5.97. The van der Waals surface area contributed by atoms with Gasteiger partial charge in [-0.3, -0.25) is 9.69 Å². The summed E-state index contributed by atoms with van der Waals surface area (Å²) in [5, 5.41) is 9.98. The van der Waals surface area contributed by atoms with Gasteiger partial charge in [0.2, 0.25) is 5.91 Å². The Morgan fingerprint density at radius 2 is 1.81 bits per heavy atom. The van der Waals surface area contributed by atoms with E-state index < -0.39 is 17.7 Å². The number of carbonyl (C=O) groups excluding carboxylic acids is 2. The number of ether oxygens (including phenoxy) is 1. The normalized spacial score (nSPS) is 11.9. The van der Waals surface area contributed by atoms with Crippen LogP contribution in [0.4, 0.5) is 21.6 Å². The SMILES string of the molecule is Cc1nc(NCCNC(=O)[C@H](C)N(C)C(=O)OC(C)(C)C)cc(Nc2ncc(-c3ccccc3)s2)n1. The molecule has 192 valence electrons. The van der Waals surface area contributed by atoms with Crippen molar-refractivity contribution in [1.82, 2.24) is 25.2 Å². The Morgan fingerprint density at radius 3 is 2.50 bits per heavy atom. The molecule has 0 aliphatic rings. The summed E-state index contributed by atoms with van der Waals surface area (Å²) < 4.78 is 5.31. The number of nitrogens with one attached hydrogen (secondary N) is 3. The van der Waals surface area contributed by atoms with Gasteiger partial charge in [-0.05, 0) is 40.2 Å². The van der Waals surface area contributed by atoms with Crippen molar-refractivity contribution in [3.63, 3.8) is 0 Å². The number of amides is 2. The van der Waals surface area contributed by atoms with E-state index in [1.54, 1.807) is 40.8 Å². The van der Waals surface area contributed by atoms with E-state index >= 15 is 0 Å². The predicted octanol–water partition coefficient (Wildman–Crippen LogP) is 4.44. The molecule has 2 heterocycles. The number of carbonyl (C=O) groups is 2. The molecule has 0 radical (unpaired) electrons. The summed E-state index contributed by atoms with van der Waals surface area (Å²) in [5.74, 6) is 1.57. The van der Waals surface area contributed by atoms with Gasteiger partial charge in [-0.2, -0.15) is 0 Å². The molecule has 0 fully saturated rings. The fourth-order valence-electron chi connectivity index (χ4n) is 3.09. The Balaban J connectivity index is 1.50. The van der Waals surface area contributed by atoms with Gasteiger partial charge in [0.05, 0.1) is 4.88 Å². The topological polar surface area (TPSA) is 121 Å². The standard InChI is InChI=1S/C25H33N7O3S/c1-16(32(6)24(34)35-25(3,4)5)22(33)27-13-12-26-20-14-21(30-17(2)29-20)31-23-28-15-19(36-23)18-10-8-7-9-11-18/h7-11,14-16H,12-13H2,1-6H3,(H,27,33)(H2,26,28,29,30,31)/t16-/m0/s1. The van der Waals surface area contributed by atoms with E-state index in [0.717, 1.165) is 15.6 Å². The summed E-state index contributed by atoms with van der Waals surface area (Å²) in [6.45, 7) is 9.60. The van der Waals surface area contributed by atoms with Gasteiger partial charge in [-0.25, -0.2) is 19.7 Å². The molecule has 1 atom stereocenters. The van der Waals surface area contributed by atoms with Gasteiger partial charge in [0, 0.05) is 32.4 Å². The van der Waals surface area contributed by atoms with Gasteiger partial charge in [-0.1, -0.05) is 41.7 Å². The lowest BCUT2D eigenvalue weighted by Gasteiger charge is -2.28. The highest BCUT2D eigenvalue weighted by Crippen LogP contribution is 2.30. The molecular weight excluding hydrogens is 478 g/mol. The van der Waals surface area contributed by atoms with Crippen molar-refractivity contribution in [2.75, 3.05) is 30.8 Å². The van der Waals surface area contributed by atoms with Crippen LogP contribution in [-0.2, 0) is 9.53 Å². The third kappa shape index (κ3) is 7.91. The lowest BCUT2D eigenvalue weighted by molar-refractivity contribution is -0.125. The van der Waals surface area contributed by atoms with E-state index in [2.05, 4.69) is 30.9 Å². The maximum absolute atomic E-state index is 12.5. The van der Waals surface area contributed by atoms with Gasteiger partial charge < -0.3 is 20.7 Å². The van der Waals surface area contributed by atoms with Crippen LogP contribution in [-0.4, -0.2) is 63.6 Å². The number of aryl methyl sites for hydroxylation is 1. The minimum atomic E-state index is -0.670. The quantitative estimate of drug-likeness (QED) is 0.361. The number of rotatable bonds is 9. The summed E-state index contributed by atoms with van der Waals surface area (Å²) >= 11 is 1.54. The minimum absolute atomic E-state index is 0.274. The molecule has 2 aromatic heterocycles. The molecular formula is C25H33N7O3S. The largest absolute Gasteiger partial charge is 0.444 e. The zero-order valence-electron chi connectivity index (χ0n) is 21.5. The van der Waals surface area contributed by atoms with Crippen molar-refractivity contribution in [2.45, 2.75) is 46.3 Å². The number of likely N-dealkylation sites (N-methyl/N-ethyl adjacent to an activating group) is 1. The number of aromatic nitrogens is 3. The molecule has 3 rings (SSSR count). The Hall–Kier alpha value is -3.73. The third-order valence-electron chi connectivity index (χ3n) is 5.01. The molecule has 0 saturated carbocycles. The fraction of sp³-hybridized carbons (Fsp3) is 0.400. The number of nitrogens with zero attached hydrogens (tertiary/aromatic N) is 4. The van der Waals surface area contributed by atoms with Gasteiger partial charge in [0.25, 0.3) is 0 Å². The summed E-state index contributed by atoms with van der Waals surface area (Å²) in [5.41, 5.74) is 0.483. The molecule has 10 nitrogen and oxygen atoms in total. The Bertz CT molecular complexity index is 1180. The summed E-state index contributed by atoms with van der Waals surface area (Å²) in [7, 11) is 1.54. The van der Waals surface area contributed by atoms with Crippen molar-refractivity contribution in [2.24, 2.45) is 0 Å². The maximum atomic E-state index is 12.5. The van der Waals surface area contributed by atoms with Crippen LogP contribution in [0, 0.1) is 6.92 Å². The number of benzene rings is 1. The van der Waals surface area contributed by atoms with Crippen LogP contribution >= 0.6 is 11.3 Å². The van der Waals surface area contributed by atoms with Gasteiger partial charge in [0.1, 0.15) is 29.1 Å². The Labute approximate surface area is 215 Å². The highest BCUT2D eigenvalue weighted by molar-refractivity contribution is 7.18. The van der Waals surface area contributed by atoms with Crippen LogP contribution in [0.5, 0.6) is 0 Å². The van der Waals surface area contributed by atoms with Crippen LogP contribution in [0.15, 0.2) is 42.6 Å². The van der Waals surface area contributed by atoms with Crippen LogP contribution in [0.2, 0.25) is 0 Å². The molecule has 11 heteroatoms. The van der Waals surface area contributed by atoms with E-state index in [1.807, 2.05) is 43.5 Å². The number of thiazole rings is 1. The monoisotopic (exact) mass is 511 g/mol. The lowest BCUT2D eigenvalue weighted by Crippen LogP contribution is -2.48. The molecule has 0 saturated heterocycles. The van der Waals surface area contributed by atoms with Gasteiger partial charge in [-0.15, -0.1) is 0 Å². The van der Waals surface area contributed by atoms with E-state index in [-0.39, 0.29) is 5.91 Å². The molecule has 0 spiro atoms. The molecule has 0 aliphatic heterocycles. The second-order valence-electron chi connectivity index (χ2n) is 9.19. The molecule has 3 N–H and O–H groups in total. The molecule has 1 aromatic carbocycles. The second-order valence-corrected chi connectivity index (χ2v) is 10.2. The second kappa shape index (κ2) is 11.8. The first-order chi connectivity index (χ1) is 17.0. The highest BCUT2D eigenvalue weighted by atomic mass is 32.1. The van der Waals surface area contributed by atoms with Crippen molar-refractivity contribution < 1.29 is 14.3 Å². The maximum Gasteiger partial charge on any atom is 0.410 e. The first kappa shape index (κ1) is 26.9. The summed E-state index contributed by atoms with van der Waals surface area (Å²) in [6.07, 6.45) is 1.29. The van der Waals surface area contributed by atoms with Crippen molar-refractivity contribution in [3.8, 4) is 10.4 Å². The fourth-order valence-corrected chi connectivity index (χ4v) is 3.92. The van der Waals surface area contributed by atoms with Crippen molar-refractivity contribution >= 4 is 40.1 Å². The Morgan fingerprint density at radius 1 is 1.11 bits per heavy atom. The average Bonchev–Trinajstić information content (AvgIpc) is 3.28. The van der Waals surface area contributed by atoms with Crippen LogP contribution in [0.1, 0.15) is 33.5 Å². The smallest absolute Gasteiger partial charge is 0.410 e. The van der Waals surface area contributed by atoms with Gasteiger partial charge >= 0.3 is 6.09 Å². The molecule has 0 aliphatic carbocycles. The predicted molar refractivity (Wildman–Crippen MR) is 143 cm³/mol. The number of hydrogen-bond donors (Lipinski definition) is 3. The van der Waals surface area contributed by atoms with Crippen LogP contribution in [0.25, 0.3) is 10.4 Å². The number of hydrogen-bond acceptors (Lipinski definition) is 9.